The number of ether oxygens (including phenoxy) is 1. The number of esters is 1. The van der Waals surface area contributed by atoms with Gasteiger partial charge in [-0.15, -0.1) is 0 Å². The summed E-state index contributed by atoms with van der Waals surface area (Å²) in [5.74, 6) is -2.66. The van der Waals surface area contributed by atoms with E-state index in [4.69, 9.17) is 4.74 Å². The molecule has 1 aliphatic heterocycles. The maximum atomic E-state index is 12.8. The molecule has 0 radical (unpaired) electrons. The van der Waals surface area contributed by atoms with Crippen molar-refractivity contribution in [3.63, 3.8) is 0 Å². The third kappa shape index (κ3) is 4.50. The number of fused-ring (bicyclic) bond motifs is 1. The average molecular weight is 424 g/mol. The van der Waals surface area contributed by atoms with Gasteiger partial charge >= 0.3 is 5.97 Å². The van der Waals surface area contributed by atoms with Crippen LogP contribution in [0.2, 0.25) is 0 Å². The van der Waals surface area contributed by atoms with Crippen molar-refractivity contribution in [2.75, 3.05) is 6.61 Å². The van der Waals surface area contributed by atoms with Crippen LogP contribution in [0.25, 0.3) is 0 Å². The van der Waals surface area contributed by atoms with Gasteiger partial charge in [-0.1, -0.05) is 44.0 Å². The monoisotopic (exact) mass is 424 g/mol. The summed E-state index contributed by atoms with van der Waals surface area (Å²) < 4.78 is 5.12. The lowest BCUT2D eigenvalue weighted by Gasteiger charge is -2.24. The summed E-state index contributed by atoms with van der Waals surface area (Å²) in [6.45, 7) is 1.24. The Labute approximate surface area is 177 Å². The summed E-state index contributed by atoms with van der Waals surface area (Å²) in [7, 11) is 0. The number of unbranched alkanes of at least 4 members (excludes halogenated alkanes) is 1. The van der Waals surface area contributed by atoms with E-state index in [0.717, 1.165) is 17.4 Å². The highest BCUT2D eigenvalue weighted by Crippen LogP contribution is 2.27. The molecule has 1 atom stereocenters. The highest BCUT2D eigenvalue weighted by atomic mass is 16.6. The fraction of sp³-hybridized carbons (Fsp3) is 0.273. The Kier molecular flexibility index (Phi) is 6.54. The van der Waals surface area contributed by atoms with Gasteiger partial charge in [0.2, 0.25) is 5.78 Å². The first-order chi connectivity index (χ1) is 14.8. The minimum Gasteiger partial charge on any atom is -0.456 e. The van der Waals surface area contributed by atoms with E-state index in [2.05, 4.69) is 0 Å². The number of hydrogen-bond acceptors (Lipinski definition) is 7. The number of Topliss-reactive ketones (excluding diaryl/α,β-unsaturated/α-hetero) is 1. The number of ketones is 1. The molecule has 160 valence electrons. The van der Waals surface area contributed by atoms with Crippen molar-refractivity contribution in [2.45, 2.75) is 32.2 Å². The van der Waals surface area contributed by atoms with Crippen molar-refractivity contribution in [1.29, 1.82) is 0 Å². The number of nitro benzene ring substituents is 1. The van der Waals surface area contributed by atoms with Gasteiger partial charge in [-0.25, -0.2) is 4.79 Å². The van der Waals surface area contributed by atoms with Crippen LogP contribution < -0.4 is 0 Å². The zero-order chi connectivity index (χ0) is 22.5. The van der Waals surface area contributed by atoms with E-state index in [1.165, 1.54) is 30.3 Å². The van der Waals surface area contributed by atoms with Gasteiger partial charge in [0.1, 0.15) is 6.04 Å². The van der Waals surface area contributed by atoms with E-state index in [9.17, 15) is 29.3 Å². The molecular formula is C22H20N2O7. The number of benzene rings is 2. The van der Waals surface area contributed by atoms with E-state index >= 15 is 0 Å². The number of nitrogens with zero attached hydrogens (tertiary/aromatic N) is 2. The normalized spacial score (nSPS) is 13.6. The SMILES string of the molecule is CCCCC(C(=O)OCC(=O)c1cccc([N+](=O)[O-])c1)N1C(=O)c2ccccc2C1=O. The van der Waals surface area contributed by atoms with Crippen molar-refractivity contribution in [3.05, 3.63) is 75.3 Å². The van der Waals surface area contributed by atoms with E-state index < -0.39 is 41.1 Å². The Morgan fingerprint density at radius 1 is 1.06 bits per heavy atom. The fourth-order valence-corrected chi connectivity index (χ4v) is 3.35. The molecule has 1 aliphatic rings. The third-order valence-electron chi connectivity index (χ3n) is 4.96. The van der Waals surface area contributed by atoms with Crippen LogP contribution in [0.4, 0.5) is 5.69 Å². The van der Waals surface area contributed by atoms with Crippen molar-refractivity contribution in [1.82, 2.24) is 4.90 Å². The zero-order valence-corrected chi connectivity index (χ0v) is 16.8. The molecule has 0 N–H and O–H groups in total. The highest BCUT2D eigenvalue weighted by Gasteiger charge is 2.43. The van der Waals surface area contributed by atoms with Gasteiger partial charge in [0.05, 0.1) is 16.1 Å². The lowest BCUT2D eigenvalue weighted by molar-refractivity contribution is -0.384. The number of carbonyl (C=O) groups excluding carboxylic acids is 4. The summed E-state index contributed by atoms with van der Waals surface area (Å²) in [5.41, 5.74) is 0.195. The van der Waals surface area contributed by atoms with Gasteiger partial charge < -0.3 is 4.74 Å². The largest absolute Gasteiger partial charge is 0.456 e. The lowest BCUT2D eigenvalue weighted by atomic mass is 10.1. The second-order valence-electron chi connectivity index (χ2n) is 7.02. The fourth-order valence-electron chi connectivity index (χ4n) is 3.35. The van der Waals surface area contributed by atoms with E-state index in [1.54, 1.807) is 12.1 Å². The van der Waals surface area contributed by atoms with Gasteiger partial charge in [-0.2, -0.15) is 0 Å². The molecule has 0 spiro atoms. The second kappa shape index (κ2) is 9.29. The van der Waals surface area contributed by atoms with Crippen molar-refractivity contribution < 1.29 is 28.8 Å². The molecular weight excluding hydrogens is 404 g/mol. The Morgan fingerprint density at radius 3 is 2.29 bits per heavy atom. The van der Waals surface area contributed by atoms with Gasteiger partial charge in [-0.3, -0.25) is 29.4 Å². The second-order valence-corrected chi connectivity index (χ2v) is 7.02. The van der Waals surface area contributed by atoms with Crippen molar-refractivity contribution in [2.24, 2.45) is 0 Å². The topological polar surface area (TPSA) is 124 Å². The Balaban J connectivity index is 1.75. The van der Waals surface area contributed by atoms with Gasteiger partial charge in [0, 0.05) is 17.7 Å². The Bertz CT molecular complexity index is 1030. The lowest BCUT2D eigenvalue weighted by Crippen LogP contribution is -2.46. The van der Waals surface area contributed by atoms with Crippen LogP contribution in [0.5, 0.6) is 0 Å². The van der Waals surface area contributed by atoms with E-state index in [1.807, 2.05) is 6.92 Å². The quantitative estimate of drug-likeness (QED) is 0.199. The van der Waals surface area contributed by atoms with Crippen LogP contribution in [0, 0.1) is 10.1 Å². The predicted octanol–water partition coefficient (Wildman–Crippen LogP) is 3.18. The summed E-state index contributed by atoms with van der Waals surface area (Å²) in [4.78, 5) is 61.7. The van der Waals surface area contributed by atoms with Crippen LogP contribution >= 0.6 is 0 Å². The summed E-state index contributed by atoms with van der Waals surface area (Å²) >= 11 is 0. The first-order valence-corrected chi connectivity index (χ1v) is 9.76. The summed E-state index contributed by atoms with van der Waals surface area (Å²) in [6.07, 6.45) is 1.48. The minimum atomic E-state index is -1.16. The maximum Gasteiger partial charge on any atom is 0.329 e. The van der Waals surface area contributed by atoms with E-state index in [-0.39, 0.29) is 28.8 Å². The molecule has 3 rings (SSSR count). The van der Waals surface area contributed by atoms with Crippen LogP contribution in [0.3, 0.4) is 0 Å². The van der Waals surface area contributed by atoms with Crippen molar-refractivity contribution >= 4 is 29.3 Å². The molecule has 0 saturated carbocycles. The van der Waals surface area contributed by atoms with Crippen LogP contribution in [0.15, 0.2) is 48.5 Å². The summed E-state index contributed by atoms with van der Waals surface area (Å²) in [6, 6.07) is 10.2. The number of amides is 2. The molecule has 2 aromatic rings. The number of nitro groups is 1. The molecule has 9 heteroatoms. The van der Waals surface area contributed by atoms with Gasteiger partial charge in [-0.05, 0) is 18.6 Å². The molecule has 0 bridgehead atoms. The number of non-ortho nitro benzene ring substituents is 1. The van der Waals surface area contributed by atoms with Crippen LogP contribution in [-0.2, 0) is 9.53 Å². The molecule has 0 aliphatic carbocycles. The van der Waals surface area contributed by atoms with E-state index in [0.29, 0.717) is 6.42 Å². The third-order valence-corrected chi connectivity index (χ3v) is 4.96. The number of hydrogen-bond donors (Lipinski definition) is 0. The molecule has 1 unspecified atom stereocenters. The highest BCUT2D eigenvalue weighted by molar-refractivity contribution is 6.22. The standard InChI is InChI=1S/C22H20N2O7/c1-2-3-11-18(23-20(26)16-9-4-5-10-17(16)21(23)27)22(28)31-13-19(25)14-7-6-8-15(12-14)24(29)30/h4-10,12,18H,2-3,11,13H2,1H3. The number of carbonyl (C=O) groups is 4. The smallest absolute Gasteiger partial charge is 0.329 e. The number of rotatable bonds is 9. The molecule has 31 heavy (non-hydrogen) atoms. The molecule has 0 saturated heterocycles. The average Bonchev–Trinajstić information content (AvgIpc) is 3.03. The van der Waals surface area contributed by atoms with Crippen LogP contribution in [-0.4, -0.2) is 46.0 Å². The Morgan fingerprint density at radius 2 is 1.71 bits per heavy atom. The van der Waals surface area contributed by atoms with Gasteiger partial charge in [0.25, 0.3) is 17.5 Å². The Hall–Kier alpha value is -3.88. The minimum absolute atomic E-state index is 0.0211. The van der Waals surface area contributed by atoms with Crippen molar-refractivity contribution in [3.8, 4) is 0 Å². The molecule has 0 aromatic heterocycles. The van der Waals surface area contributed by atoms with Gasteiger partial charge in [0.15, 0.2) is 6.61 Å². The molecule has 2 amide bonds. The predicted molar refractivity (Wildman–Crippen MR) is 109 cm³/mol. The maximum absolute atomic E-state index is 12.8. The van der Waals surface area contributed by atoms with Crippen LogP contribution in [0.1, 0.15) is 57.3 Å². The zero-order valence-electron chi connectivity index (χ0n) is 16.8. The summed E-state index contributed by atoms with van der Waals surface area (Å²) in [5, 5.41) is 10.9. The first-order valence-electron chi connectivity index (χ1n) is 9.76. The number of imide groups is 1. The molecule has 9 nitrogen and oxygen atoms in total. The first kappa shape index (κ1) is 21.8. The molecule has 0 fully saturated rings. The molecule has 2 aromatic carbocycles. The molecule has 1 heterocycles.